The summed E-state index contributed by atoms with van der Waals surface area (Å²) >= 11 is 1.61. The van der Waals surface area contributed by atoms with Crippen LogP contribution in [0.3, 0.4) is 0 Å². The minimum Gasteiger partial charge on any atom is -0.372 e. The lowest BCUT2D eigenvalue weighted by Crippen LogP contribution is -2.30. The molecule has 96 valence electrons. The molecular weight excluding hydrogens is 258 g/mol. The van der Waals surface area contributed by atoms with Crippen molar-refractivity contribution < 1.29 is 8.42 Å². The second-order valence-corrected chi connectivity index (χ2v) is 6.51. The van der Waals surface area contributed by atoms with E-state index >= 15 is 0 Å². The van der Waals surface area contributed by atoms with Crippen molar-refractivity contribution in [3.8, 4) is 0 Å². The predicted octanol–water partition coefficient (Wildman–Crippen LogP) is 1.15. The Balaban J connectivity index is 2.89. The lowest BCUT2D eigenvalue weighted by molar-refractivity contribution is 0.581. The van der Waals surface area contributed by atoms with Gasteiger partial charge >= 0.3 is 0 Å². The van der Waals surface area contributed by atoms with Gasteiger partial charge in [-0.3, -0.25) is 0 Å². The van der Waals surface area contributed by atoms with Crippen LogP contribution < -0.4 is 10.0 Å². The van der Waals surface area contributed by atoms with E-state index in [2.05, 4.69) is 15.0 Å². The van der Waals surface area contributed by atoms with Crippen LogP contribution in [-0.2, 0) is 10.0 Å². The highest BCUT2D eigenvalue weighted by molar-refractivity contribution is 7.99. The molecule has 1 heterocycles. The number of anilines is 1. The Kier molecular flexibility index (Phi) is 5.23. The molecule has 0 aliphatic heterocycles. The molecule has 0 saturated heterocycles. The molecule has 0 amide bonds. The first kappa shape index (κ1) is 14.3. The van der Waals surface area contributed by atoms with Gasteiger partial charge in [0.25, 0.3) is 0 Å². The van der Waals surface area contributed by atoms with Crippen molar-refractivity contribution in [1.82, 2.24) is 9.71 Å². The number of sulfonamides is 1. The largest absolute Gasteiger partial charge is 0.372 e. The highest BCUT2D eigenvalue weighted by Gasteiger charge is 2.18. The molecule has 1 rings (SSSR count). The van der Waals surface area contributed by atoms with Gasteiger partial charge in [-0.15, -0.1) is 0 Å². The Morgan fingerprint density at radius 3 is 2.82 bits per heavy atom. The van der Waals surface area contributed by atoms with Crippen molar-refractivity contribution in [1.29, 1.82) is 0 Å². The molecule has 0 fully saturated rings. The van der Waals surface area contributed by atoms with E-state index in [0.29, 0.717) is 12.4 Å². The van der Waals surface area contributed by atoms with Crippen molar-refractivity contribution in [3.63, 3.8) is 0 Å². The van der Waals surface area contributed by atoms with Crippen molar-refractivity contribution in [2.75, 3.05) is 25.2 Å². The Bertz CT molecular complexity index is 462. The van der Waals surface area contributed by atoms with Crippen LogP contribution >= 0.6 is 11.8 Å². The SMILES string of the molecule is CNc1ncccc1S(=O)(=O)NCC(C)SC. The minimum absolute atomic E-state index is 0.177. The predicted molar refractivity (Wildman–Crippen MR) is 71.9 cm³/mol. The van der Waals surface area contributed by atoms with Gasteiger partial charge in [-0.05, 0) is 18.4 Å². The van der Waals surface area contributed by atoms with Gasteiger partial charge in [0.05, 0.1) is 0 Å². The summed E-state index contributed by atoms with van der Waals surface area (Å²) in [5.41, 5.74) is 0. The maximum absolute atomic E-state index is 12.0. The third-order valence-electron chi connectivity index (χ3n) is 2.26. The van der Waals surface area contributed by atoms with Crippen molar-refractivity contribution in [3.05, 3.63) is 18.3 Å². The van der Waals surface area contributed by atoms with E-state index in [1.165, 1.54) is 6.07 Å². The molecule has 1 aromatic heterocycles. The minimum atomic E-state index is -3.50. The first-order valence-electron chi connectivity index (χ1n) is 5.16. The van der Waals surface area contributed by atoms with Gasteiger partial charge in [0.2, 0.25) is 10.0 Å². The molecule has 1 unspecified atom stereocenters. The van der Waals surface area contributed by atoms with Gasteiger partial charge in [-0.2, -0.15) is 11.8 Å². The average molecular weight is 275 g/mol. The normalized spacial score (nSPS) is 13.4. The molecule has 0 aliphatic rings. The third-order valence-corrected chi connectivity index (χ3v) is 4.69. The number of hydrogen-bond acceptors (Lipinski definition) is 5. The molecule has 7 heteroatoms. The Morgan fingerprint density at radius 2 is 2.24 bits per heavy atom. The van der Waals surface area contributed by atoms with Crippen LogP contribution in [0.4, 0.5) is 5.82 Å². The second-order valence-electron chi connectivity index (χ2n) is 3.50. The number of nitrogens with zero attached hydrogens (tertiary/aromatic N) is 1. The number of aromatic nitrogens is 1. The van der Waals surface area contributed by atoms with E-state index in [-0.39, 0.29) is 10.1 Å². The molecule has 0 bridgehead atoms. The van der Waals surface area contributed by atoms with Gasteiger partial charge in [0.15, 0.2) is 0 Å². The molecule has 1 atom stereocenters. The second kappa shape index (κ2) is 6.23. The van der Waals surface area contributed by atoms with E-state index < -0.39 is 10.0 Å². The molecule has 0 aromatic carbocycles. The summed E-state index contributed by atoms with van der Waals surface area (Å²) in [6, 6.07) is 3.14. The first-order chi connectivity index (χ1) is 8.01. The zero-order valence-corrected chi connectivity index (χ0v) is 11.7. The summed E-state index contributed by atoms with van der Waals surface area (Å²) < 4.78 is 26.6. The Labute approximate surface area is 106 Å². The van der Waals surface area contributed by atoms with Crippen LogP contribution in [0, 0.1) is 0 Å². The maximum Gasteiger partial charge on any atom is 0.244 e. The van der Waals surface area contributed by atoms with E-state index in [4.69, 9.17) is 0 Å². The molecule has 17 heavy (non-hydrogen) atoms. The number of pyridine rings is 1. The summed E-state index contributed by atoms with van der Waals surface area (Å²) in [6.45, 7) is 2.37. The van der Waals surface area contributed by atoms with Gasteiger partial charge in [0.1, 0.15) is 10.7 Å². The van der Waals surface area contributed by atoms with Crippen LogP contribution in [0.5, 0.6) is 0 Å². The van der Waals surface area contributed by atoms with E-state index in [0.717, 1.165) is 0 Å². The van der Waals surface area contributed by atoms with Crippen LogP contribution in [0.25, 0.3) is 0 Å². The average Bonchev–Trinajstić information content (AvgIpc) is 2.35. The summed E-state index contributed by atoms with van der Waals surface area (Å²) in [5.74, 6) is 0.358. The Hall–Kier alpha value is -0.790. The van der Waals surface area contributed by atoms with E-state index in [9.17, 15) is 8.42 Å². The molecular formula is C10H17N3O2S2. The smallest absolute Gasteiger partial charge is 0.244 e. The van der Waals surface area contributed by atoms with Crippen LogP contribution in [0.2, 0.25) is 0 Å². The topological polar surface area (TPSA) is 71.1 Å². The lowest BCUT2D eigenvalue weighted by atomic mass is 10.5. The molecule has 0 aliphatic carbocycles. The lowest BCUT2D eigenvalue weighted by Gasteiger charge is -2.12. The standard InChI is InChI=1S/C10H17N3O2S2/c1-8(16-3)7-13-17(14,15)9-5-4-6-12-10(9)11-2/h4-6,8,13H,7H2,1-3H3,(H,11,12). The van der Waals surface area contributed by atoms with E-state index in [1.807, 2.05) is 13.2 Å². The van der Waals surface area contributed by atoms with Crippen molar-refractivity contribution in [2.24, 2.45) is 0 Å². The van der Waals surface area contributed by atoms with Crippen molar-refractivity contribution >= 4 is 27.6 Å². The van der Waals surface area contributed by atoms with Crippen LogP contribution in [0.15, 0.2) is 23.2 Å². The quantitative estimate of drug-likeness (QED) is 0.815. The fraction of sp³-hybridized carbons (Fsp3) is 0.500. The van der Waals surface area contributed by atoms with Gasteiger partial charge in [-0.1, -0.05) is 6.92 Å². The number of thioether (sulfide) groups is 1. The Morgan fingerprint density at radius 1 is 1.53 bits per heavy atom. The summed E-state index contributed by atoms with van der Waals surface area (Å²) in [5, 5.41) is 3.00. The fourth-order valence-electron chi connectivity index (χ4n) is 1.18. The summed E-state index contributed by atoms with van der Waals surface area (Å²) in [4.78, 5) is 4.15. The first-order valence-corrected chi connectivity index (χ1v) is 7.93. The molecule has 0 radical (unpaired) electrons. The molecule has 2 N–H and O–H groups in total. The maximum atomic E-state index is 12.0. The zero-order chi connectivity index (χ0) is 12.9. The highest BCUT2D eigenvalue weighted by atomic mass is 32.2. The molecule has 1 aromatic rings. The van der Waals surface area contributed by atoms with Gasteiger partial charge in [0, 0.05) is 25.0 Å². The summed E-state index contributed by atoms with van der Waals surface area (Å²) in [6.07, 6.45) is 3.50. The van der Waals surface area contributed by atoms with E-state index in [1.54, 1.807) is 31.1 Å². The third kappa shape index (κ3) is 3.86. The van der Waals surface area contributed by atoms with Crippen LogP contribution in [-0.4, -0.2) is 38.5 Å². The highest BCUT2D eigenvalue weighted by Crippen LogP contribution is 2.17. The van der Waals surface area contributed by atoms with Crippen LogP contribution in [0.1, 0.15) is 6.92 Å². The molecule has 0 saturated carbocycles. The number of hydrogen-bond donors (Lipinski definition) is 2. The zero-order valence-electron chi connectivity index (χ0n) is 10.1. The summed E-state index contributed by atoms with van der Waals surface area (Å²) in [7, 11) is -1.85. The monoisotopic (exact) mass is 275 g/mol. The molecule has 5 nitrogen and oxygen atoms in total. The number of rotatable bonds is 6. The van der Waals surface area contributed by atoms with Crippen molar-refractivity contribution in [2.45, 2.75) is 17.1 Å². The number of nitrogens with one attached hydrogen (secondary N) is 2. The molecule has 0 spiro atoms. The van der Waals surface area contributed by atoms with Gasteiger partial charge in [-0.25, -0.2) is 18.1 Å². The van der Waals surface area contributed by atoms with Gasteiger partial charge < -0.3 is 5.32 Å². The fourth-order valence-corrected chi connectivity index (χ4v) is 2.83.